The van der Waals surface area contributed by atoms with Crippen molar-refractivity contribution in [1.82, 2.24) is 14.2 Å². The molecular formula is C17H27N3O3S. The third-order valence-electron chi connectivity index (χ3n) is 5.44. The zero-order chi connectivity index (χ0) is 17.4. The zero-order valence-electron chi connectivity index (χ0n) is 14.7. The van der Waals surface area contributed by atoms with Crippen LogP contribution in [0.15, 0.2) is 18.3 Å². The highest BCUT2D eigenvalue weighted by atomic mass is 32.2. The van der Waals surface area contributed by atoms with Gasteiger partial charge in [0, 0.05) is 44.9 Å². The molecule has 0 unspecified atom stereocenters. The van der Waals surface area contributed by atoms with Gasteiger partial charge in [0.1, 0.15) is 0 Å². The summed E-state index contributed by atoms with van der Waals surface area (Å²) in [5.41, 5.74) is 2.18. The highest BCUT2D eigenvalue weighted by Crippen LogP contribution is 2.44. The van der Waals surface area contributed by atoms with Gasteiger partial charge in [0.2, 0.25) is 10.0 Å². The number of sulfonamides is 1. The van der Waals surface area contributed by atoms with Crippen LogP contribution in [-0.2, 0) is 21.3 Å². The molecule has 0 bridgehead atoms. The second kappa shape index (κ2) is 6.71. The van der Waals surface area contributed by atoms with Crippen LogP contribution in [0.5, 0.6) is 0 Å². The molecule has 0 aliphatic carbocycles. The molecule has 24 heavy (non-hydrogen) atoms. The summed E-state index contributed by atoms with van der Waals surface area (Å²) in [6.07, 6.45) is 4.16. The van der Waals surface area contributed by atoms with Gasteiger partial charge in [-0.1, -0.05) is 6.07 Å². The fourth-order valence-electron chi connectivity index (χ4n) is 4.04. The van der Waals surface area contributed by atoms with Gasteiger partial charge in [-0.3, -0.25) is 9.88 Å². The van der Waals surface area contributed by atoms with Gasteiger partial charge in [-0.2, -0.15) is 0 Å². The van der Waals surface area contributed by atoms with Crippen LogP contribution in [0, 0.1) is 18.3 Å². The van der Waals surface area contributed by atoms with Crippen molar-refractivity contribution in [2.24, 2.45) is 11.3 Å². The summed E-state index contributed by atoms with van der Waals surface area (Å²) in [6.45, 7) is 6.51. The van der Waals surface area contributed by atoms with Crippen LogP contribution in [0.3, 0.4) is 0 Å². The predicted molar refractivity (Wildman–Crippen MR) is 93.1 cm³/mol. The van der Waals surface area contributed by atoms with Crippen LogP contribution in [-0.4, -0.2) is 68.8 Å². The number of methoxy groups -OCH3 is 1. The van der Waals surface area contributed by atoms with Crippen molar-refractivity contribution in [3.63, 3.8) is 0 Å². The molecular weight excluding hydrogens is 326 g/mol. The standard InChI is InChI=1S/C17H27N3O3S/c1-14-4-5-16(18-8-14)11-19-7-6-17(13-23-2)12-20(24(3,21)22)10-15(17)9-19/h4-5,8,15H,6-7,9-13H2,1-3H3/t15-,17+/m1/s1. The van der Waals surface area contributed by atoms with E-state index in [0.29, 0.717) is 25.6 Å². The summed E-state index contributed by atoms with van der Waals surface area (Å²) in [5.74, 6) is 0.311. The SMILES string of the molecule is COC[C@@]12CCN(Cc3ccc(C)cn3)C[C@@H]1CN(S(C)(=O)=O)C2. The Morgan fingerprint density at radius 3 is 2.79 bits per heavy atom. The number of aryl methyl sites for hydroxylation is 1. The van der Waals surface area contributed by atoms with E-state index >= 15 is 0 Å². The zero-order valence-corrected chi connectivity index (χ0v) is 15.6. The molecule has 2 aliphatic heterocycles. The molecule has 2 atom stereocenters. The third-order valence-corrected chi connectivity index (χ3v) is 6.66. The van der Waals surface area contributed by atoms with Gasteiger partial charge in [0.25, 0.3) is 0 Å². The van der Waals surface area contributed by atoms with E-state index in [4.69, 9.17) is 4.74 Å². The summed E-state index contributed by atoms with van der Waals surface area (Å²) < 4.78 is 31.1. The quantitative estimate of drug-likeness (QED) is 0.794. The van der Waals surface area contributed by atoms with Gasteiger partial charge < -0.3 is 4.74 Å². The van der Waals surface area contributed by atoms with Gasteiger partial charge >= 0.3 is 0 Å². The predicted octanol–water partition coefficient (Wildman–Crippen LogP) is 1.12. The maximum Gasteiger partial charge on any atom is 0.211 e. The highest BCUT2D eigenvalue weighted by molar-refractivity contribution is 7.88. The average Bonchev–Trinajstić information content (AvgIpc) is 2.89. The Kier molecular flexibility index (Phi) is 4.97. The number of likely N-dealkylation sites (tertiary alicyclic amines) is 1. The van der Waals surface area contributed by atoms with Crippen LogP contribution in [0.1, 0.15) is 17.7 Å². The van der Waals surface area contributed by atoms with Gasteiger partial charge in [-0.25, -0.2) is 12.7 Å². The van der Waals surface area contributed by atoms with Crippen molar-refractivity contribution in [1.29, 1.82) is 0 Å². The average molecular weight is 353 g/mol. The Morgan fingerprint density at radius 2 is 2.17 bits per heavy atom. The van der Waals surface area contributed by atoms with Gasteiger partial charge in [0.05, 0.1) is 18.6 Å². The number of hydrogen-bond acceptors (Lipinski definition) is 5. The van der Waals surface area contributed by atoms with E-state index in [1.54, 1.807) is 11.4 Å². The lowest BCUT2D eigenvalue weighted by molar-refractivity contribution is -0.00139. The molecule has 2 saturated heterocycles. The summed E-state index contributed by atoms with van der Waals surface area (Å²) in [7, 11) is -1.45. The minimum absolute atomic E-state index is 0.0466. The lowest BCUT2D eigenvalue weighted by Gasteiger charge is -2.43. The number of pyridine rings is 1. The smallest absolute Gasteiger partial charge is 0.211 e. The Labute approximate surface area is 144 Å². The Balaban J connectivity index is 1.72. The molecule has 2 fully saturated rings. The molecule has 0 radical (unpaired) electrons. The summed E-state index contributed by atoms with van der Waals surface area (Å²) >= 11 is 0. The molecule has 0 aromatic carbocycles. The van der Waals surface area contributed by atoms with Crippen molar-refractivity contribution in [3.8, 4) is 0 Å². The first-order chi connectivity index (χ1) is 11.3. The van der Waals surface area contributed by atoms with E-state index in [-0.39, 0.29) is 5.41 Å². The number of hydrogen-bond donors (Lipinski definition) is 0. The molecule has 0 saturated carbocycles. The van der Waals surface area contributed by atoms with Crippen molar-refractivity contribution in [3.05, 3.63) is 29.6 Å². The van der Waals surface area contributed by atoms with E-state index in [1.165, 1.54) is 6.26 Å². The summed E-state index contributed by atoms with van der Waals surface area (Å²) in [4.78, 5) is 6.88. The molecule has 7 heteroatoms. The summed E-state index contributed by atoms with van der Waals surface area (Å²) in [6, 6.07) is 4.16. The monoisotopic (exact) mass is 353 g/mol. The number of fused-ring (bicyclic) bond motifs is 1. The number of rotatable bonds is 5. The second-order valence-corrected chi connectivity index (χ2v) is 9.34. The maximum absolute atomic E-state index is 12.0. The maximum atomic E-state index is 12.0. The van der Waals surface area contributed by atoms with E-state index in [1.807, 2.05) is 13.1 Å². The Bertz CT molecular complexity index is 677. The second-order valence-electron chi connectivity index (χ2n) is 7.36. The molecule has 3 heterocycles. The molecule has 0 spiro atoms. The van der Waals surface area contributed by atoms with Crippen molar-refractivity contribution in [2.45, 2.75) is 19.9 Å². The van der Waals surface area contributed by atoms with E-state index in [2.05, 4.69) is 22.0 Å². The number of nitrogens with zero attached hydrogens (tertiary/aromatic N) is 3. The molecule has 1 aromatic heterocycles. The van der Waals surface area contributed by atoms with Gasteiger partial charge in [-0.15, -0.1) is 0 Å². The first-order valence-electron chi connectivity index (χ1n) is 8.40. The number of aromatic nitrogens is 1. The van der Waals surface area contributed by atoms with Crippen LogP contribution in [0.25, 0.3) is 0 Å². The molecule has 134 valence electrons. The lowest BCUT2D eigenvalue weighted by atomic mass is 9.73. The van der Waals surface area contributed by atoms with Crippen molar-refractivity contribution < 1.29 is 13.2 Å². The van der Waals surface area contributed by atoms with E-state index in [9.17, 15) is 8.42 Å². The molecule has 2 aliphatic rings. The van der Waals surface area contributed by atoms with Crippen LogP contribution >= 0.6 is 0 Å². The molecule has 3 rings (SSSR count). The Morgan fingerprint density at radius 1 is 1.38 bits per heavy atom. The van der Waals surface area contributed by atoms with Crippen LogP contribution < -0.4 is 0 Å². The van der Waals surface area contributed by atoms with Crippen molar-refractivity contribution in [2.75, 3.05) is 46.2 Å². The third kappa shape index (κ3) is 3.64. The first-order valence-corrected chi connectivity index (χ1v) is 10.3. The van der Waals surface area contributed by atoms with Crippen molar-refractivity contribution >= 4 is 10.0 Å². The van der Waals surface area contributed by atoms with Crippen LogP contribution in [0.4, 0.5) is 0 Å². The normalized spacial score (nSPS) is 28.9. The number of ether oxygens (including phenoxy) is 1. The molecule has 6 nitrogen and oxygen atoms in total. The van der Waals surface area contributed by atoms with Gasteiger partial charge in [-0.05, 0) is 37.4 Å². The highest BCUT2D eigenvalue weighted by Gasteiger charge is 2.51. The lowest BCUT2D eigenvalue weighted by Crippen LogP contribution is -2.48. The van der Waals surface area contributed by atoms with E-state index < -0.39 is 10.0 Å². The Hall–Kier alpha value is -1.02. The fraction of sp³-hybridized carbons (Fsp3) is 0.706. The summed E-state index contributed by atoms with van der Waals surface area (Å²) in [5, 5.41) is 0. The number of piperidine rings is 1. The molecule has 0 amide bonds. The van der Waals surface area contributed by atoms with E-state index in [0.717, 1.165) is 37.3 Å². The molecule has 1 aromatic rings. The minimum atomic E-state index is -3.15. The first kappa shape index (κ1) is 17.8. The minimum Gasteiger partial charge on any atom is -0.384 e. The molecule has 0 N–H and O–H groups in total. The van der Waals surface area contributed by atoms with Crippen LogP contribution in [0.2, 0.25) is 0 Å². The topological polar surface area (TPSA) is 62.7 Å². The largest absolute Gasteiger partial charge is 0.384 e. The fourth-order valence-corrected chi connectivity index (χ4v) is 4.99. The van der Waals surface area contributed by atoms with Gasteiger partial charge in [0.15, 0.2) is 0 Å².